The highest BCUT2D eigenvalue weighted by Gasteiger charge is 2.22. The van der Waals surface area contributed by atoms with Crippen molar-refractivity contribution in [1.29, 1.82) is 0 Å². The number of nitro benzene ring substituents is 1. The van der Waals surface area contributed by atoms with Crippen LogP contribution in [0.4, 0.5) is 11.4 Å². The van der Waals surface area contributed by atoms with Crippen LogP contribution in [0.15, 0.2) is 81.0 Å². The molecule has 0 atom stereocenters. The maximum absolute atomic E-state index is 12.6. The van der Waals surface area contributed by atoms with Crippen molar-refractivity contribution in [2.24, 2.45) is 0 Å². The van der Waals surface area contributed by atoms with Crippen molar-refractivity contribution in [1.82, 2.24) is 0 Å². The van der Waals surface area contributed by atoms with Gasteiger partial charge in [-0.1, -0.05) is 45.7 Å². The highest BCUT2D eigenvalue weighted by Crippen LogP contribution is 2.35. The third kappa shape index (κ3) is 5.51. The molecule has 1 N–H and O–H groups in total. The second-order valence-electron chi connectivity index (χ2n) is 5.88. The third-order valence-electron chi connectivity index (χ3n) is 3.87. The van der Waals surface area contributed by atoms with Crippen LogP contribution in [0, 0.1) is 10.1 Å². The van der Waals surface area contributed by atoms with Gasteiger partial charge >= 0.3 is 0 Å². The lowest BCUT2D eigenvalue weighted by atomic mass is 10.2. The van der Waals surface area contributed by atoms with E-state index in [-0.39, 0.29) is 10.6 Å². The molecule has 0 amide bonds. The van der Waals surface area contributed by atoms with Gasteiger partial charge in [-0.05, 0) is 48.0 Å². The number of nitro groups is 1. The van der Waals surface area contributed by atoms with Crippen LogP contribution in [-0.2, 0) is 15.8 Å². The van der Waals surface area contributed by atoms with E-state index in [0.717, 1.165) is 16.1 Å². The number of hydrogen-bond donors (Lipinski definition) is 1. The Morgan fingerprint density at radius 3 is 2.41 bits per heavy atom. The van der Waals surface area contributed by atoms with Gasteiger partial charge in [-0.3, -0.25) is 14.8 Å². The number of thioether (sulfide) groups is 1. The summed E-state index contributed by atoms with van der Waals surface area (Å²) in [5.74, 6) is 0.420. The van der Waals surface area contributed by atoms with Crippen molar-refractivity contribution >= 4 is 60.7 Å². The molecule has 0 bridgehead atoms. The Morgan fingerprint density at radius 1 is 1.07 bits per heavy atom. The average molecular weight is 514 g/mol. The smallest absolute Gasteiger partial charge is 0.280 e. The first kappa shape index (κ1) is 21.6. The molecule has 0 saturated carbocycles. The molecule has 6 nitrogen and oxygen atoms in total. The Kier molecular flexibility index (Phi) is 6.84. The van der Waals surface area contributed by atoms with Gasteiger partial charge in [-0.25, -0.2) is 8.42 Å². The van der Waals surface area contributed by atoms with Gasteiger partial charge in [0.15, 0.2) is 0 Å². The second kappa shape index (κ2) is 9.17. The van der Waals surface area contributed by atoms with E-state index in [4.69, 9.17) is 11.6 Å². The van der Waals surface area contributed by atoms with Crippen LogP contribution >= 0.6 is 39.3 Å². The maximum Gasteiger partial charge on any atom is 0.284 e. The molecule has 0 unspecified atom stereocenters. The minimum absolute atomic E-state index is 0.186. The molecule has 0 aromatic heterocycles. The molecule has 0 saturated heterocycles. The summed E-state index contributed by atoms with van der Waals surface area (Å²) in [7, 11) is -3.97. The minimum atomic E-state index is -3.97. The molecular weight excluding hydrogens is 500 g/mol. The average Bonchev–Trinajstić information content (AvgIpc) is 2.69. The normalized spacial score (nSPS) is 11.2. The molecule has 29 heavy (non-hydrogen) atoms. The Bertz CT molecular complexity index is 1160. The highest BCUT2D eigenvalue weighted by molar-refractivity contribution is 9.10. The summed E-state index contributed by atoms with van der Waals surface area (Å²) in [6, 6.07) is 17.6. The van der Waals surface area contributed by atoms with Gasteiger partial charge < -0.3 is 0 Å². The molecule has 10 heteroatoms. The van der Waals surface area contributed by atoms with Gasteiger partial charge in [-0.15, -0.1) is 11.8 Å². The fourth-order valence-electron chi connectivity index (χ4n) is 2.43. The molecule has 3 aromatic carbocycles. The molecule has 0 fully saturated rings. The van der Waals surface area contributed by atoms with Crippen molar-refractivity contribution < 1.29 is 13.3 Å². The van der Waals surface area contributed by atoms with E-state index in [1.165, 1.54) is 23.9 Å². The number of sulfonamides is 1. The van der Waals surface area contributed by atoms with E-state index >= 15 is 0 Å². The van der Waals surface area contributed by atoms with Crippen molar-refractivity contribution in [2.45, 2.75) is 15.5 Å². The van der Waals surface area contributed by atoms with E-state index in [2.05, 4.69) is 20.7 Å². The Balaban J connectivity index is 1.86. The summed E-state index contributed by atoms with van der Waals surface area (Å²) in [6.07, 6.45) is 0. The Hall–Kier alpha value is -2.07. The second-order valence-corrected chi connectivity index (χ2v) is 9.90. The van der Waals surface area contributed by atoms with Crippen LogP contribution in [0.25, 0.3) is 0 Å². The van der Waals surface area contributed by atoms with Crippen LogP contribution in [-0.4, -0.2) is 13.3 Å². The summed E-state index contributed by atoms with van der Waals surface area (Å²) < 4.78 is 28.5. The molecule has 3 aromatic rings. The molecule has 0 heterocycles. The first-order valence-electron chi connectivity index (χ1n) is 8.19. The molecule has 3 rings (SSSR count). The lowest BCUT2D eigenvalue weighted by molar-refractivity contribution is -0.388. The zero-order valence-electron chi connectivity index (χ0n) is 14.7. The molecule has 0 aliphatic carbocycles. The number of halogens is 2. The summed E-state index contributed by atoms with van der Waals surface area (Å²) in [6.45, 7) is 0. The fourth-order valence-corrected chi connectivity index (χ4v) is 5.06. The molecule has 0 aliphatic rings. The zero-order chi connectivity index (χ0) is 21.0. The summed E-state index contributed by atoms with van der Waals surface area (Å²) in [5, 5.41) is 12.1. The number of anilines is 1. The van der Waals surface area contributed by atoms with Crippen LogP contribution in [0.2, 0.25) is 5.02 Å². The summed E-state index contributed by atoms with van der Waals surface area (Å²) >= 11 is 10.6. The number of rotatable bonds is 7. The lowest BCUT2D eigenvalue weighted by Crippen LogP contribution is -2.13. The Labute approximate surface area is 185 Å². The van der Waals surface area contributed by atoms with Gasteiger partial charge in [0.1, 0.15) is 0 Å². The lowest BCUT2D eigenvalue weighted by Gasteiger charge is -2.10. The highest BCUT2D eigenvalue weighted by atomic mass is 79.9. The monoisotopic (exact) mass is 512 g/mol. The first-order chi connectivity index (χ1) is 13.8. The Morgan fingerprint density at radius 2 is 1.76 bits per heavy atom. The van der Waals surface area contributed by atoms with E-state index in [9.17, 15) is 18.5 Å². The van der Waals surface area contributed by atoms with Crippen molar-refractivity contribution in [2.75, 3.05) is 4.72 Å². The van der Waals surface area contributed by atoms with Crippen LogP contribution in [0.5, 0.6) is 0 Å². The largest absolute Gasteiger partial charge is 0.284 e. The topological polar surface area (TPSA) is 89.3 Å². The SMILES string of the molecule is O=[N+]([O-])c1cc(S(=O)(=O)Nc2ccc(Br)cc2)ccc1SCc1ccccc1Cl. The zero-order valence-corrected chi connectivity index (χ0v) is 18.7. The van der Waals surface area contributed by atoms with Gasteiger partial charge in [0, 0.05) is 27.0 Å². The molecule has 0 spiro atoms. The van der Waals surface area contributed by atoms with Gasteiger partial charge in [-0.2, -0.15) is 0 Å². The number of benzene rings is 3. The fraction of sp³-hybridized carbons (Fsp3) is 0.0526. The minimum Gasteiger partial charge on any atom is -0.280 e. The van der Waals surface area contributed by atoms with Crippen LogP contribution < -0.4 is 4.72 Å². The molecular formula is C19H14BrClN2O4S2. The third-order valence-corrected chi connectivity index (χ3v) is 7.26. The molecule has 0 aliphatic heterocycles. The van der Waals surface area contributed by atoms with Crippen LogP contribution in [0.1, 0.15) is 5.56 Å². The van der Waals surface area contributed by atoms with E-state index in [0.29, 0.717) is 21.4 Å². The maximum atomic E-state index is 12.6. The molecule has 150 valence electrons. The number of nitrogens with zero attached hydrogens (tertiary/aromatic N) is 1. The predicted octanol–water partition coefficient (Wildman–Crippen LogP) is 6.10. The first-order valence-corrected chi connectivity index (χ1v) is 11.8. The number of nitrogens with one attached hydrogen (secondary N) is 1. The number of hydrogen-bond acceptors (Lipinski definition) is 5. The van der Waals surface area contributed by atoms with Gasteiger partial charge in [0.05, 0.1) is 14.7 Å². The van der Waals surface area contributed by atoms with Crippen molar-refractivity contribution in [3.63, 3.8) is 0 Å². The van der Waals surface area contributed by atoms with Gasteiger partial charge in [0.25, 0.3) is 15.7 Å². The van der Waals surface area contributed by atoms with Crippen LogP contribution in [0.3, 0.4) is 0 Å². The summed E-state index contributed by atoms with van der Waals surface area (Å²) in [5.41, 5.74) is 0.913. The van der Waals surface area contributed by atoms with Crippen molar-refractivity contribution in [3.8, 4) is 0 Å². The van der Waals surface area contributed by atoms with E-state index < -0.39 is 14.9 Å². The standard InChI is InChI=1S/C19H14BrClN2O4S2/c20-14-5-7-15(8-6-14)22-29(26,27)16-9-10-19(18(11-16)23(24)25)28-12-13-3-1-2-4-17(13)21/h1-11,22H,12H2. The van der Waals surface area contributed by atoms with Gasteiger partial charge in [0.2, 0.25) is 0 Å². The predicted molar refractivity (Wildman–Crippen MR) is 119 cm³/mol. The van der Waals surface area contributed by atoms with Crippen molar-refractivity contribution in [3.05, 3.63) is 91.9 Å². The quantitative estimate of drug-likeness (QED) is 0.234. The molecule has 0 radical (unpaired) electrons. The summed E-state index contributed by atoms with van der Waals surface area (Å²) in [4.78, 5) is 11.1. The van der Waals surface area contributed by atoms with E-state index in [1.807, 2.05) is 12.1 Å². The van der Waals surface area contributed by atoms with E-state index in [1.54, 1.807) is 36.4 Å².